The summed E-state index contributed by atoms with van der Waals surface area (Å²) >= 11 is 0. The van der Waals surface area contributed by atoms with Crippen LogP contribution in [0, 0.1) is 0 Å². The van der Waals surface area contributed by atoms with E-state index >= 15 is 0 Å². The maximum absolute atomic E-state index is 5.27. The van der Waals surface area contributed by atoms with Crippen LogP contribution in [0.2, 0.25) is 0 Å². The quantitative estimate of drug-likeness (QED) is 0.126. The monoisotopic (exact) mass is 737 g/mol. The Bertz CT molecular complexity index is 3330. The van der Waals surface area contributed by atoms with Crippen molar-refractivity contribution in [3.63, 3.8) is 0 Å². The van der Waals surface area contributed by atoms with Crippen molar-refractivity contribution >= 4 is 43.1 Å². The molecule has 1 heterocycles. The Hall–Kier alpha value is -7.75. The smallest absolute Gasteiger partial charge is 0.164 e. The molecule has 0 saturated heterocycles. The second-order valence-corrected chi connectivity index (χ2v) is 14.8. The molecule has 11 aromatic rings. The summed E-state index contributed by atoms with van der Waals surface area (Å²) in [5.41, 5.74) is 9.55. The van der Waals surface area contributed by atoms with E-state index in [0.717, 1.165) is 44.5 Å². The number of nitrogens with zero attached hydrogens (tertiary/aromatic N) is 3. The molecule has 0 saturated carbocycles. The van der Waals surface area contributed by atoms with Crippen LogP contribution >= 0.6 is 0 Å². The summed E-state index contributed by atoms with van der Waals surface area (Å²) in [7, 11) is 0. The third-order valence-corrected chi connectivity index (χ3v) is 11.3. The molecule has 11 rings (SSSR count). The van der Waals surface area contributed by atoms with E-state index in [1.165, 1.54) is 48.7 Å². The lowest BCUT2D eigenvalue weighted by Gasteiger charge is -2.15. The van der Waals surface area contributed by atoms with Gasteiger partial charge in [-0.05, 0) is 88.6 Å². The van der Waals surface area contributed by atoms with Crippen molar-refractivity contribution in [2.45, 2.75) is 0 Å². The van der Waals surface area contributed by atoms with Gasteiger partial charge >= 0.3 is 0 Å². The number of benzene rings is 10. The minimum absolute atomic E-state index is 0.622. The van der Waals surface area contributed by atoms with Crippen LogP contribution in [0.5, 0.6) is 0 Å². The molecule has 0 N–H and O–H groups in total. The number of hydrogen-bond acceptors (Lipinski definition) is 3. The van der Waals surface area contributed by atoms with Crippen LogP contribution in [0.1, 0.15) is 0 Å². The lowest BCUT2D eigenvalue weighted by molar-refractivity contribution is 1.07. The topological polar surface area (TPSA) is 38.7 Å². The van der Waals surface area contributed by atoms with Gasteiger partial charge in [0.2, 0.25) is 0 Å². The van der Waals surface area contributed by atoms with E-state index in [1.807, 2.05) is 6.07 Å². The van der Waals surface area contributed by atoms with E-state index in [9.17, 15) is 0 Å². The van der Waals surface area contributed by atoms with E-state index in [2.05, 4.69) is 206 Å². The summed E-state index contributed by atoms with van der Waals surface area (Å²) in [6.45, 7) is 0. The highest BCUT2D eigenvalue weighted by Gasteiger charge is 2.19. The summed E-state index contributed by atoms with van der Waals surface area (Å²) < 4.78 is 0. The average molecular weight is 738 g/mol. The van der Waals surface area contributed by atoms with Crippen LogP contribution in [0.25, 0.3) is 111 Å². The van der Waals surface area contributed by atoms with Gasteiger partial charge in [0.1, 0.15) is 0 Å². The van der Waals surface area contributed by atoms with Gasteiger partial charge in [-0.15, -0.1) is 0 Å². The van der Waals surface area contributed by atoms with Gasteiger partial charge < -0.3 is 0 Å². The van der Waals surface area contributed by atoms with Crippen molar-refractivity contribution < 1.29 is 0 Å². The highest BCUT2D eigenvalue weighted by Crippen LogP contribution is 2.41. The van der Waals surface area contributed by atoms with Crippen LogP contribution in [-0.4, -0.2) is 15.0 Å². The van der Waals surface area contributed by atoms with Crippen LogP contribution in [-0.2, 0) is 0 Å². The fraction of sp³-hybridized carbons (Fsp3) is 0. The fourth-order valence-corrected chi connectivity index (χ4v) is 8.50. The van der Waals surface area contributed by atoms with Gasteiger partial charge in [0, 0.05) is 16.7 Å². The largest absolute Gasteiger partial charge is 0.208 e. The van der Waals surface area contributed by atoms with Crippen molar-refractivity contribution in [3.8, 4) is 67.5 Å². The maximum atomic E-state index is 5.27. The molecule has 0 aliphatic carbocycles. The van der Waals surface area contributed by atoms with E-state index in [-0.39, 0.29) is 0 Å². The highest BCUT2D eigenvalue weighted by molar-refractivity contribution is 6.20. The first-order chi connectivity index (χ1) is 28.7. The molecule has 270 valence electrons. The second-order valence-electron chi connectivity index (χ2n) is 14.8. The summed E-state index contributed by atoms with van der Waals surface area (Å²) in [4.78, 5) is 15.8. The zero-order valence-electron chi connectivity index (χ0n) is 31.5. The van der Waals surface area contributed by atoms with Gasteiger partial charge in [0.25, 0.3) is 0 Å². The third-order valence-electron chi connectivity index (χ3n) is 11.3. The predicted octanol–water partition coefficient (Wildman–Crippen LogP) is 14.5. The van der Waals surface area contributed by atoms with E-state index in [0.29, 0.717) is 17.5 Å². The SMILES string of the molecule is c1ccc(-c2ccccc2-c2nc(-c3ccc(-c4c5ccccc5cc5c4ccc4ccccc45)cc3)nc(-c3ccccc3-c3ccc4ccccc4c3)n2)cc1. The van der Waals surface area contributed by atoms with Crippen LogP contribution < -0.4 is 0 Å². The van der Waals surface area contributed by atoms with Crippen LogP contribution in [0.15, 0.2) is 212 Å². The maximum Gasteiger partial charge on any atom is 0.164 e. The summed E-state index contributed by atoms with van der Waals surface area (Å²) in [6, 6.07) is 75.3. The Morgan fingerprint density at radius 3 is 1.45 bits per heavy atom. The zero-order valence-corrected chi connectivity index (χ0v) is 31.5. The van der Waals surface area contributed by atoms with E-state index < -0.39 is 0 Å². The Morgan fingerprint density at radius 1 is 0.224 bits per heavy atom. The van der Waals surface area contributed by atoms with E-state index in [1.54, 1.807) is 0 Å². The fourth-order valence-electron chi connectivity index (χ4n) is 8.50. The molecule has 0 amide bonds. The van der Waals surface area contributed by atoms with Crippen LogP contribution in [0.3, 0.4) is 0 Å². The average Bonchev–Trinajstić information content (AvgIpc) is 3.31. The zero-order chi connectivity index (χ0) is 38.4. The van der Waals surface area contributed by atoms with Crippen molar-refractivity contribution in [1.29, 1.82) is 0 Å². The van der Waals surface area contributed by atoms with Gasteiger partial charge in [-0.1, -0.05) is 200 Å². The molecule has 3 heteroatoms. The van der Waals surface area contributed by atoms with Gasteiger partial charge in [-0.3, -0.25) is 0 Å². The molecule has 0 aliphatic heterocycles. The molecule has 10 aromatic carbocycles. The van der Waals surface area contributed by atoms with Crippen molar-refractivity contribution in [2.75, 3.05) is 0 Å². The Balaban J connectivity index is 1.10. The second kappa shape index (κ2) is 14.1. The highest BCUT2D eigenvalue weighted by atomic mass is 15.0. The molecule has 0 fully saturated rings. The van der Waals surface area contributed by atoms with Crippen molar-refractivity contribution in [2.24, 2.45) is 0 Å². The summed E-state index contributed by atoms with van der Waals surface area (Å²) in [5.74, 6) is 1.88. The molecule has 0 aliphatic rings. The van der Waals surface area contributed by atoms with Crippen LogP contribution in [0.4, 0.5) is 0 Å². The first-order valence-corrected chi connectivity index (χ1v) is 19.7. The molecule has 58 heavy (non-hydrogen) atoms. The minimum Gasteiger partial charge on any atom is -0.208 e. The summed E-state index contributed by atoms with van der Waals surface area (Å²) in [6.07, 6.45) is 0. The third kappa shape index (κ3) is 5.89. The number of rotatable bonds is 6. The Kier molecular flexibility index (Phi) is 8.15. The predicted molar refractivity (Wildman–Crippen MR) is 242 cm³/mol. The standard InChI is InChI=1S/C55H35N3/c1-2-15-37(16-3-1)44-20-10-12-24-49(44)54-56-53(57-55(58-54)50-25-13-11-22-46(50)43-31-26-36-14-4-5-18-41(36)34-43)40-29-27-39(28-30-40)52-47-23-9-7-19-42(47)35-51-45-21-8-6-17-38(45)32-33-48(51)52/h1-35H. The molecule has 1 aromatic heterocycles. The van der Waals surface area contributed by atoms with Gasteiger partial charge in [0.15, 0.2) is 17.5 Å². The van der Waals surface area contributed by atoms with Gasteiger partial charge in [-0.25, -0.2) is 15.0 Å². The Morgan fingerprint density at radius 2 is 0.724 bits per heavy atom. The molecule has 3 nitrogen and oxygen atoms in total. The Labute approximate surface area is 336 Å². The lowest BCUT2D eigenvalue weighted by atomic mass is 9.89. The molecular weight excluding hydrogens is 703 g/mol. The number of hydrogen-bond donors (Lipinski definition) is 0. The van der Waals surface area contributed by atoms with E-state index in [4.69, 9.17) is 15.0 Å². The molecule has 0 atom stereocenters. The van der Waals surface area contributed by atoms with Crippen molar-refractivity contribution in [3.05, 3.63) is 212 Å². The number of fused-ring (bicyclic) bond motifs is 5. The minimum atomic E-state index is 0.622. The molecule has 0 bridgehead atoms. The summed E-state index contributed by atoms with van der Waals surface area (Å²) in [5, 5.41) is 9.83. The van der Waals surface area contributed by atoms with Gasteiger partial charge in [0.05, 0.1) is 0 Å². The molecule has 0 unspecified atom stereocenters. The van der Waals surface area contributed by atoms with Crippen molar-refractivity contribution in [1.82, 2.24) is 15.0 Å². The molecule has 0 radical (unpaired) electrons. The first-order valence-electron chi connectivity index (χ1n) is 19.7. The normalized spacial score (nSPS) is 11.4. The molecular formula is C55H35N3. The van der Waals surface area contributed by atoms with Gasteiger partial charge in [-0.2, -0.15) is 0 Å². The lowest BCUT2D eigenvalue weighted by Crippen LogP contribution is -2.02. The number of aromatic nitrogens is 3. The molecule has 0 spiro atoms. The first kappa shape index (κ1) is 33.6.